The maximum Gasteiger partial charge on any atom is 0.338 e. The Labute approximate surface area is 128 Å². The Hall–Kier alpha value is -1.60. The molecular weight excluding hydrogens is 290 g/mol. The first-order valence-electron chi connectivity index (χ1n) is 6.87. The second kappa shape index (κ2) is 6.03. The van der Waals surface area contributed by atoms with Gasteiger partial charge in [0.2, 0.25) is 0 Å². The number of carboxylic acid groups (broad SMARTS) is 1. The van der Waals surface area contributed by atoms with Crippen molar-refractivity contribution in [2.45, 2.75) is 26.3 Å². The number of carbonyl (C=O) groups is 2. The molecule has 1 aliphatic rings. The van der Waals surface area contributed by atoms with Gasteiger partial charge in [-0.2, -0.15) is 0 Å². The predicted octanol–water partition coefficient (Wildman–Crippen LogP) is 2.23. The van der Waals surface area contributed by atoms with Crippen LogP contribution in [0.2, 0.25) is 0 Å². The third kappa shape index (κ3) is 3.19. The molecule has 1 aliphatic heterocycles. The highest BCUT2D eigenvalue weighted by Gasteiger charge is 2.29. The number of hydrogen-bond acceptors (Lipinski definition) is 4. The summed E-state index contributed by atoms with van der Waals surface area (Å²) in [7, 11) is 4.00. The van der Waals surface area contributed by atoms with Crippen molar-refractivity contribution in [3.63, 3.8) is 0 Å². The average molecular weight is 311 g/mol. The normalized spacial score (nSPS) is 18.3. The van der Waals surface area contributed by atoms with E-state index in [1.54, 1.807) is 11.8 Å². The van der Waals surface area contributed by atoms with Gasteiger partial charge in [0.25, 0.3) is 0 Å². The number of thiophene rings is 1. The van der Waals surface area contributed by atoms with Crippen LogP contribution in [0.15, 0.2) is 0 Å². The van der Waals surface area contributed by atoms with Crippen LogP contribution in [-0.2, 0) is 0 Å². The maximum atomic E-state index is 12.3. The lowest BCUT2D eigenvalue weighted by molar-refractivity contribution is 0.0697. The van der Waals surface area contributed by atoms with E-state index in [9.17, 15) is 14.7 Å². The van der Waals surface area contributed by atoms with Gasteiger partial charge in [-0.1, -0.05) is 0 Å². The van der Waals surface area contributed by atoms with Crippen LogP contribution in [-0.4, -0.2) is 60.1 Å². The molecule has 1 saturated heterocycles. The van der Waals surface area contributed by atoms with Gasteiger partial charge >= 0.3 is 12.0 Å². The van der Waals surface area contributed by atoms with Crippen molar-refractivity contribution >= 4 is 28.3 Å². The number of urea groups is 1. The van der Waals surface area contributed by atoms with Crippen LogP contribution < -0.4 is 5.32 Å². The highest BCUT2D eigenvalue weighted by atomic mass is 32.1. The Bertz CT molecular complexity index is 568. The number of carboxylic acids is 1. The van der Waals surface area contributed by atoms with E-state index in [0.717, 1.165) is 16.9 Å². The molecule has 2 N–H and O–H groups in total. The van der Waals surface area contributed by atoms with Gasteiger partial charge in [-0.3, -0.25) is 5.32 Å². The van der Waals surface area contributed by atoms with Gasteiger partial charge in [-0.15, -0.1) is 11.3 Å². The van der Waals surface area contributed by atoms with Crippen LogP contribution >= 0.6 is 11.3 Å². The van der Waals surface area contributed by atoms with Gasteiger partial charge in [0.05, 0.1) is 5.56 Å². The minimum Gasteiger partial charge on any atom is -0.478 e. The van der Waals surface area contributed by atoms with Crippen LogP contribution in [0.5, 0.6) is 0 Å². The fraction of sp³-hybridized carbons (Fsp3) is 0.571. The lowest BCUT2D eigenvalue weighted by atomic mass is 10.1. The highest BCUT2D eigenvalue weighted by Crippen LogP contribution is 2.32. The van der Waals surface area contributed by atoms with Crippen molar-refractivity contribution < 1.29 is 14.7 Å². The van der Waals surface area contributed by atoms with Crippen molar-refractivity contribution in [1.82, 2.24) is 9.80 Å². The molecule has 1 aromatic heterocycles. The summed E-state index contributed by atoms with van der Waals surface area (Å²) in [6.07, 6.45) is 0.939. The maximum absolute atomic E-state index is 12.3. The van der Waals surface area contributed by atoms with Crippen LogP contribution in [0.1, 0.15) is 27.2 Å². The van der Waals surface area contributed by atoms with Gasteiger partial charge in [0, 0.05) is 24.0 Å². The fourth-order valence-electron chi connectivity index (χ4n) is 2.50. The molecule has 1 unspecified atom stereocenters. The SMILES string of the molecule is Cc1sc(NC(=O)N2CCC(N(C)C)C2)c(C(=O)O)c1C. The van der Waals surface area contributed by atoms with Gasteiger partial charge in [0.1, 0.15) is 5.00 Å². The predicted molar refractivity (Wildman–Crippen MR) is 83.4 cm³/mol. The summed E-state index contributed by atoms with van der Waals surface area (Å²) < 4.78 is 0. The molecule has 7 heteroatoms. The molecule has 0 spiro atoms. The van der Waals surface area contributed by atoms with E-state index in [4.69, 9.17) is 0 Å². The average Bonchev–Trinajstić information content (AvgIpc) is 2.96. The lowest BCUT2D eigenvalue weighted by Crippen LogP contribution is -2.36. The van der Waals surface area contributed by atoms with E-state index in [2.05, 4.69) is 10.2 Å². The number of amides is 2. The first-order valence-corrected chi connectivity index (χ1v) is 7.68. The van der Waals surface area contributed by atoms with Crippen LogP contribution in [0.3, 0.4) is 0 Å². The number of aromatic carboxylic acids is 1. The van der Waals surface area contributed by atoms with E-state index in [-0.39, 0.29) is 11.6 Å². The number of likely N-dealkylation sites (tertiary alicyclic amines) is 1. The van der Waals surface area contributed by atoms with E-state index in [1.807, 2.05) is 21.0 Å². The number of likely N-dealkylation sites (N-methyl/N-ethyl adjacent to an activating group) is 1. The molecule has 0 aliphatic carbocycles. The minimum absolute atomic E-state index is 0.203. The van der Waals surface area contributed by atoms with E-state index in [1.165, 1.54) is 11.3 Å². The second-order valence-corrected chi connectivity index (χ2v) is 6.80. The van der Waals surface area contributed by atoms with E-state index < -0.39 is 5.97 Å². The molecule has 1 fully saturated rings. The first kappa shape index (κ1) is 15.8. The van der Waals surface area contributed by atoms with Crippen molar-refractivity contribution in [1.29, 1.82) is 0 Å². The highest BCUT2D eigenvalue weighted by molar-refractivity contribution is 7.16. The Morgan fingerprint density at radius 3 is 2.57 bits per heavy atom. The number of aryl methyl sites for hydroxylation is 1. The number of nitrogens with one attached hydrogen (secondary N) is 1. The van der Waals surface area contributed by atoms with Gasteiger partial charge in [-0.25, -0.2) is 9.59 Å². The Morgan fingerprint density at radius 2 is 2.05 bits per heavy atom. The van der Waals surface area contributed by atoms with Crippen molar-refractivity contribution in [3.05, 3.63) is 16.0 Å². The van der Waals surface area contributed by atoms with Gasteiger partial charge in [0.15, 0.2) is 0 Å². The molecular formula is C14H21N3O3S. The van der Waals surface area contributed by atoms with Crippen LogP contribution in [0.4, 0.5) is 9.80 Å². The zero-order valence-corrected chi connectivity index (χ0v) is 13.6. The Balaban J connectivity index is 2.11. The summed E-state index contributed by atoms with van der Waals surface area (Å²) in [4.78, 5) is 28.4. The number of nitrogens with zero attached hydrogens (tertiary/aromatic N) is 2. The minimum atomic E-state index is -1.00. The molecule has 2 heterocycles. The Morgan fingerprint density at radius 1 is 1.38 bits per heavy atom. The number of carbonyl (C=O) groups excluding carboxylic acids is 1. The van der Waals surface area contributed by atoms with E-state index in [0.29, 0.717) is 24.1 Å². The van der Waals surface area contributed by atoms with Crippen LogP contribution in [0.25, 0.3) is 0 Å². The summed E-state index contributed by atoms with van der Waals surface area (Å²) in [6, 6.07) is 0.143. The summed E-state index contributed by atoms with van der Waals surface area (Å²) in [5, 5.41) is 12.5. The van der Waals surface area contributed by atoms with Crippen molar-refractivity contribution in [2.24, 2.45) is 0 Å². The topological polar surface area (TPSA) is 72.9 Å². The zero-order valence-electron chi connectivity index (χ0n) is 12.8. The molecule has 0 radical (unpaired) electrons. The molecule has 2 rings (SSSR count). The second-order valence-electron chi connectivity index (χ2n) is 5.57. The monoisotopic (exact) mass is 311 g/mol. The molecule has 0 aromatic carbocycles. The standard InChI is InChI=1S/C14H21N3O3S/c1-8-9(2)21-12(11(8)13(18)19)15-14(20)17-6-5-10(7-17)16(3)4/h10H,5-7H2,1-4H3,(H,15,20)(H,18,19). The number of hydrogen-bond donors (Lipinski definition) is 2. The first-order chi connectivity index (χ1) is 9.81. The summed E-state index contributed by atoms with van der Waals surface area (Å²) in [5.41, 5.74) is 0.921. The summed E-state index contributed by atoms with van der Waals surface area (Å²) in [5.74, 6) is -1.00. The Kier molecular flexibility index (Phi) is 4.53. The smallest absolute Gasteiger partial charge is 0.338 e. The lowest BCUT2D eigenvalue weighted by Gasteiger charge is -2.20. The molecule has 0 bridgehead atoms. The molecule has 0 saturated carbocycles. The molecule has 1 atom stereocenters. The quantitative estimate of drug-likeness (QED) is 0.898. The van der Waals surface area contributed by atoms with Gasteiger partial charge < -0.3 is 14.9 Å². The fourth-order valence-corrected chi connectivity index (χ4v) is 3.54. The molecule has 6 nitrogen and oxygen atoms in total. The van der Waals surface area contributed by atoms with Crippen molar-refractivity contribution in [2.75, 3.05) is 32.5 Å². The molecule has 1 aromatic rings. The molecule has 2 amide bonds. The largest absolute Gasteiger partial charge is 0.478 e. The zero-order chi connectivity index (χ0) is 15.7. The summed E-state index contributed by atoms with van der Waals surface area (Å²) >= 11 is 1.31. The van der Waals surface area contributed by atoms with Crippen molar-refractivity contribution in [3.8, 4) is 0 Å². The molecule has 116 valence electrons. The summed E-state index contributed by atoms with van der Waals surface area (Å²) in [6.45, 7) is 4.99. The number of anilines is 1. The molecule has 21 heavy (non-hydrogen) atoms. The van der Waals surface area contributed by atoms with Gasteiger partial charge in [-0.05, 0) is 39.9 Å². The number of rotatable bonds is 3. The third-order valence-corrected chi connectivity index (χ3v) is 5.12. The third-order valence-electron chi connectivity index (χ3n) is 4.00. The van der Waals surface area contributed by atoms with Crippen LogP contribution in [0, 0.1) is 13.8 Å². The van der Waals surface area contributed by atoms with E-state index >= 15 is 0 Å².